The first-order chi connectivity index (χ1) is 17.4. The van der Waals surface area contributed by atoms with Gasteiger partial charge in [-0.3, -0.25) is 9.78 Å². The van der Waals surface area contributed by atoms with E-state index in [1.54, 1.807) is 17.2 Å². The zero-order valence-corrected chi connectivity index (χ0v) is 22.0. The van der Waals surface area contributed by atoms with Gasteiger partial charge in [-0.25, -0.2) is 0 Å². The molecule has 1 saturated heterocycles. The number of likely N-dealkylation sites (tertiary alicyclic amines) is 1. The highest BCUT2D eigenvalue weighted by Crippen LogP contribution is 2.44. The summed E-state index contributed by atoms with van der Waals surface area (Å²) >= 11 is 12.6. The van der Waals surface area contributed by atoms with Crippen LogP contribution in [-0.4, -0.2) is 53.9 Å². The van der Waals surface area contributed by atoms with Gasteiger partial charge in [-0.15, -0.1) is 0 Å². The van der Waals surface area contributed by atoms with E-state index in [1.807, 2.05) is 37.4 Å². The van der Waals surface area contributed by atoms with Gasteiger partial charge in [0.2, 0.25) is 0 Å². The summed E-state index contributed by atoms with van der Waals surface area (Å²) in [7, 11) is 1.83. The van der Waals surface area contributed by atoms with Crippen LogP contribution in [0.5, 0.6) is 0 Å². The third-order valence-corrected chi connectivity index (χ3v) is 8.35. The first kappa shape index (κ1) is 25.2. The number of carbonyl (C=O) groups excluding carboxylic acids is 1. The molecule has 36 heavy (non-hydrogen) atoms. The molecule has 7 heteroatoms. The molecule has 3 heterocycles. The van der Waals surface area contributed by atoms with Gasteiger partial charge >= 0.3 is 0 Å². The Bertz CT molecular complexity index is 1210. The standard InChI is InChI=1S/C29H31Cl2N3O2/c1-33(28(35)27-8-4-5-14-32-27)19-22(21-9-10-25(30)26(31)18-21)11-15-34-16-12-29(13-17-34)24-7-3-2-6-23(24)20-36-29/h2-10,14,18,22H,11-13,15-17,19-20H2,1H3/t22-/m1/s1. The average molecular weight is 524 g/mol. The molecule has 2 aromatic carbocycles. The van der Waals surface area contributed by atoms with Gasteiger partial charge in [0.25, 0.3) is 5.91 Å². The van der Waals surface area contributed by atoms with Crippen molar-refractivity contribution in [2.45, 2.75) is 37.4 Å². The number of ether oxygens (including phenoxy) is 1. The summed E-state index contributed by atoms with van der Waals surface area (Å²) in [5.41, 5.74) is 4.10. The fourth-order valence-electron chi connectivity index (χ4n) is 5.50. The number of hydrogen-bond acceptors (Lipinski definition) is 4. The number of benzene rings is 2. The van der Waals surface area contributed by atoms with Crippen molar-refractivity contribution >= 4 is 29.1 Å². The Hall–Kier alpha value is -2.44. The van der Waals surface area contributed by atoms with E-state index >= 15 is 0 Å². The number of rotatable bonds is 7. The molecule has 0 saturated carbocycles. The van der Waals surface area contributed by atoms with E-state index in [0.29, 0.717) is 28.9 Å². The number of nitrogens with zero attached hydrogens (tertiary/aromatic N) is 3. The van der Waals surface area contributed by atoms with Crippen molar-refractivity contribution < 1.29 is 9.53 Å². The summed E-state index contributed by atoms with van der Waals surface area (Å²) in [5, 5.41) is 1.07. The molecule has 1 fully saturated rings. The van der Waals surface area contributed by atoms with Gasteiger partial charge in [0, 0.05) is 38.8 Å². The molecule has 1 aromatic heterocycles. The maximum atomic E-state index is 13.0. The molecule has 1 spiro atoms. The summed E-state index contributed by atoms with van der Waals surface area (Å²) in [6.07, 6.45) is 4.55. The highest BCUT2D eigenvalue weighted by Gasteiger charge is 2.42. The monoisotopic (exact) mass is 523 g/mol. The lowest BCUT2D eigenvalue weighted by Crippen LogP contribution is -2.43. The molecule has 0 radical (unpaired) electrons. The number of hydrogen-bond donors (Lipinski definition) is 0. The normalized spacial score (nSPS) is 17.6. The lowest BCUT2D eigenvalue weighted by atomic mass is 9.83. The van der Waals surface area contributed by atoms with E-state index in [4.69, 9.17) is 27.9 Å². The van der Waals surface area contributed by atoms with Crippen LogP contribution < -0.4 is 0 Å². The Balaban J connectivity index is 1.25. The zero-order valence-electron chi connectivity index (χ0n) is 20.5. The highest BCUT2D eigenvalue weighted by atomic mass is 35.5. The number of aromatic nitrogens is 1. The van der Waals surface area contributed by atoms with E-state index in [0.717, 1.165) is 44.5 Å². The SMILES string of the molecule is CN(C[C@@H](CCN1CCC2(CC1)OCc1ccccc12)c1ccc(Cl)c(Cl)c1)C(=O)c1ccccn1. The minimum atomic E-state index is -0.133. The Morgan fingerprint density at radius 1 is 1.08 bits per heavy atom. The van der Waals surface area contributed by atoms with Crippen molar-refractivity contribution in [3.8, 4) is 0 Å². The third-order valence-electron chi connectivity index (χ3n) is 7.61. The molecule has 188 valence electrons. The lowest BCUT2D eigenvalue weighted by molar-refractivity contribution is -0.0790. The summed E-state index contributed by atoms with van der Waals surface area (Å²) in [5.74, 6) is 0.0365. The number of fused-ring (bicyclic) bond motifs is 2. The maximum Gasteiger partial charge on any atom is 0.272 e. The van der Waals surface area contributed by atoms with Crippen LogP contribution >= 0.6 is 23.2 Å². The molecule has 3 aromatic rings. The number of pyridine rings is 1. The molecule has 0 aliphatic carbocycles. The molecule has 5 rings (SSSR count). The minimum absolute atomic E-state index is 0.0855. The van der Waals surface area contributed by atoms with Crippen molar-refractivity contribution in [3.63, 3.8) is 0 Å². The summed E-state index contributed by atoms with van der Waals surface area (Å²) in [4.78, 5) is 21.5. The fraction of sp³-hybridized carbons (Fsp3) is 0.379. The third kappa shape index (κ3) is 5.30. The largest absolute Gasteiger partial charge is 0.365 e. The van der Waals surface area contributed by atoms with Crippen molar-refractivity contribution in [1.29, 1.82) is 0 Å². The molecule has 2 aliphatic heterocycles. The Morgan fingerprint density at radius 2 is 1.86 bits per heavy atom. The minimum Gasteiger partial charge on any atom is -0.365 e. The van der Waals surface area contributed by atoms with E-state index in [1.165, 1.54) is 11.1 Å². The van der Waals surface area contributed by atoms with Gasteiger partial charge in [0.1, 0.15) is 5.69 Å². The smallest absolute Gasteiger partial charge is 0.272 e. The number of carbonyl (C=O) groups is 1. The molecule has 0 N–H and O–H groups in total. The average Bonchev–Trinajstić information content (AvgIpc) is 3.27. The molecular weight excluding hydrogens is 493 g/mol. The second-order valence-corrected chi connectivity index (χ2v) is 10.7. The summed E-state index contributed by atoms with van der Waals surface area (Å²) in [6, 6.07) is 19.8. The van der Waals surface area contributed by atoms with Crippen LogP contribution in [0, 0.1) is 0 Å². The van der Waals surface area contributed by atoms with Gasteiger partial charge in [-0.05, 0) is 66.8 Å². The molecule has 0 bridgehead atoms. The van der Waals surface area contributed by atoms with E-state index in [9.17, 15) is 4.79 Å². The highest BCUT2D eigenvalue weighted by molar-refractivity contribution is 6.42. The summed E-state index contributed by atoms with van der Waals surface area (Å²) in [6.45, 7) is 4.21. The Labute approximate surface area is 223 Å². The first-order valence-corrected chi connectivity index (χ1v) is 13.3. The topological polar surface area (TPSA) is 45.7 Å². The predicted octanol–water partition coefficient (Wildman–Crippen LogP) is 6.16. The Morgan fingerprint density at radius 3 is 2.61 bits per heavy atom. The first-order valence-electron chi connectivity index (χ1n) is 12.5. The number of likely N-dealkylation sites (N-methyl/N-ethyl adjacent to an activating group) is 1. The Kier molecular flexibility index (Phi) is 7.63. The molecule has 5 nitrogen and oxygen atoms in total. The predicted molar refractivity (Wildman–Crippen MR) is 144 cm³/mol. The van der Waals surface area contributed by atoms with Gasteiger partial charge < -0.3 is 14.5 Å². The molecule has 1 atom stereocenters. The number of amides is 1. The second-order valence-electron chi connectivity index (χ2n) is 9.84. The summed E-state index contributed by atoms with van der Waals surface area (Å²) < 4.78 is 6.34. The second kappa shape index (κ2) is 10.9. The van der Waals surface area contributed by atoms with Crippen molar-refractivity contribution in [3.05, 3.63) is 99.3 Å². The van der Waals surface area contributed by atoms with Crippen LogP contribution in [0.25, 0.3) is 0 Å². The maximum absolute atomic E-state index is 13.0. The molecule has 2 aliphatic rings. The van der Waals surface area contributed by atoms with Crippen LogP contribution in [0.15, 0.2) is 66.9 Å². The fourth-order valence-corrected chi connectivity index (χ4v) is 5.81. The van der Waals surface area contributed by atoms with Crippen molar-refractivity contribution in [2.24, 2.45) is 0 Å². The van der Waals surface area contributed by atoms with Crippen LogP contribution in [0.4, 0.5) is 0 Å². The van der Waals surface area contributed by atoms with Crippen LogP contribution in [0.1, 0.15) is 52.4 Å². The molecular formula is C29H31Cl2N3O2. The van der Waals surface area contributed by atoms with Crippen LogP contribution in [-0.2, 0) is 16.9 Å². The van der Waals surface area contributed by atoms with E-state index in [2.05, 4.69) is 34.1 Å². The zero-order chi connectivity index (χ0) is 25.1. The lowest BCUT2D eigenvalue weighted by Gasteiger charge is -2.39. The van der Waals surface area contributed by atoms with Gasteiger partial charge in [0.15, 0.2) is 0 Å². The van der Waals surface area contributed by atoms with Gasteiger partial charge in [0.05, 0.1) is 22.3 Å². The number of halogens is 2. The molecule has 0 unspecified atom stereocenters. The van der Waals surface area contributed by atoms with Crippen molar-refractivity contribution in [1.82, 2.24) is 14.8 Å². The van der Waals surface area contributed by atoms with Gasteiger partial charge in [-0.2, -0.15) is 0 Å². The van der Waals surface area contributed by atoms with Crippen molar-refractivity contribution in [2.75, 3.05) is 33.2 Å². The molecule has 1 amide bonds. The van der Waals surface area contributed by atoms with Crippen LogP contribution in [0.2, 0.25) is 10.0 Å². The number of piperidine rings is 1. The van der Waals surface area contributed by atoms with Gasteiger partial charge in [-0.1, -0.05) is 59.6 Å². The van der Waals surface area contributed by atoms with E-state index < -0.39 is 0 Å². The van der Waals surface area contributed by atoms with Crippen LogP contribution in [0.3, 0.4) is 0 Å². The van der Waals surface area contributed by atoms with E-state index in [-0.39, 0.29) is 17.4 Å². The quantitative estimate of drug-likeness (QED) is 0.372.